The second-order valence-electron chi connectivity index (χ2n) is 12.8. The number of rotatable bonds is 6. The molecule has 2 aromatic carbocycles. The van der Waals surface area contributed by atoms with Crippen molar-refractivity contribution in [1.29, 1.82) is 0 Å². The van der Waals surface area contributed by atoms with Crippen molar-refractivity contribution in [3.63, 3.8) is 0 Å². The van der Waals surface area contributed by atoms with Gasteiger partial charge in [0.25, 0.3) is 5.91 Å². The van der Waals surface area contributed by atoms with E-state index in [0.717, 1.165) is 91.6 Å². The van der Waals surface area contributed by atoms with Crippen LogP contribution in [0.5, 0.6) is 0 Å². The maximum Gasteiger partial charge on any atom is 0.335 e. The summed E-state index contributed by atoms with van der Waals surface area (Å²) in [5, 5.41) is 15.9. The molecule has 2 aliphatic heterocycles. The van der Waals surface area contributed by atoms with Gasteiger partial charge in [0.15, 0.2) is 0 Å². The van der Waals surface area contributed by atoms with Crippen LogP contribution >= 0.6 is 0 Å². The molecule has 2 fully saturated rings. The number of aromatic nitrogens is 2. The molecular weight excluding hydrogens is 540 g/mol. The van der Waals surface area contributed by atoms with E-state index in [-0.39, 0.29) is 5.91 Å². The standard InChI is InChI=1S/C35H42N4O4/c1-37(2)34(40)33-28(21-36-24-14-18-43-19-15-24)25-10-6-11-27-31(25)39(33)17-7-16-38-29-20-23(35(41)42)12-13-26(29)30(32(27)38)22-8-4-3-5-9-22/h6,10-13,20,22,24,36H,3-5,7-9,14-19,21H2,1-2H3,(H,41,42). The van der Waals surface area contributed by atoms with E-state index in [4.69, 9.17) is 4.74 Å². The molecule has 1 saturated heterocycles. The van der Waals surface area contributed by atoms with Crippen LogP contribution in [0.2, 0.25) is 0 Å². The van der Waals surface area contributed by atoms with Crippen LogP contribution in [0.25, 0.3) is 33.1 Å². The van der Waals surface area contributed by atoms with E-state index < -0.39 is 5.97 Å². The van der Waals surface area contributed by atoms with Gasteiger partial charge in [0, 0.05) is 80.4 Å². The number of hydrogen-bond donors (Lipinski definition) is 2. The van der Waals surface area contributed by atoms with Gasteiger partial charge in [0.05, 0.1) is 16.8 Å². The van der Waals surface area contributed by atoms with Gasteiger partial charge in [-0.3, -0.25) is 4.79 Å². The van der Waals surface area contributed by atoms with Gasteiger partial charge in [-0.1, -0.05) is 43.5 Å². The molecule has 0 bridgehead atoms. The van der Waals surface area contributed by atoms with Crippen molar-refractivity contribution in [3.8, 4) is 11.3 Å². The smallest absolute Gasteiger partial charge is 0.335 e. The molecule has 0 radical (unpaired) electrons. The maximum absolute atomic E-state index is 13.9. The van der Waals surface area contributed by atoms with Crippen molar-refractivity contribution in [3.05, 3.63) is 58.8 Å². The lowest BCUT2D eigenvalue weighted by molar-refractivity contribution is 0.0696. The molecule has 1 aliphatic carbocycles. The number of carbonyl (C=O) groups is 2. The molecule has 3 aliphatic rings. The monoisotopic (exact) mass is 582 g/mol. The third-order valence-corrected chi connectivity index (χ3v) is 9.97. The number of hydrogen-bond acceptors (Lipinski definition) is 4. The first-order valence-corrected chi connectivity index (χ1v) is 16.0. The number of carbonyl (C=O) groups excluding carboxylic acids is 1. The van der Waals surface area contributed by atoms with E-state index in [1.165, 1.54) is 35.9 Å². The minimum atomic E-state index is -0.896. The highest BCUT2D eigenvalue weighted by molar-refractivity contribution is 6.08. The van der Waals surface area contributed by atoms with Crippen LogP contribution in [0, 0.1) is 0 Å². The zero-order valence-corrected chi connectivity index (χ0v) is 25.3. The zero-order chi connectivity index (χ0) is 29.7. The van der Waals surface area contributed by atoms with Crippen LogP contribution in [-0.4, -0.2) is 64.4 Å². The van der Waals surface area contributed by atoms with E-state index in [1.54, 1.807) is 11.0 Å². The topological polar surface area (TPSA) is 88.7 Å². The summed E-state index contributed by atoms with van der Waals surface area (Å²) in [6, 6.07) is 12.6. The lowest BCUT2D eigenvalue weighted by Crippen LogP contribution is -2.35. The van der Waals surface area contributed by atoms with Gasteiger partial charge < -0.3 is 29.2 Å². The van der Waals surface area contributed by atoms with Gasteiger partial charge in [0.2, 0.25) is 0 Å². The second kappa shape index (κ2) is 11.5. The number of fused-ring (bicyclic) bond motifs is 4. The summed E-state index contributed by atoms with van der Waals surface area (Å²) in [6.45, 7) is 3.65. The summed E-state index contributed by atoms with van der Waals surface area (Å²) < 4.78 is 10.3. The number of nitrogens with one attached hydrogen (secondary N) is 1. The van der Waals surface area contributed by atoms with Crippen molar-refractivity contribution >= 4 is 33.7 Å². The Bertz CT molecular complexity index is 1700. The highest BCUT2D eigenvalue weighted by atomic mass is 16.5. The summed E-state index contributed by atoms with van der Waals surface area (Å²) in [4.78, 5) is 27.6. The summed E-state index contributed by atoms with van der Waals surface area (Å²) in [7, 11) is 3.68. The van der Waals surface area contributed by atoms with Gasteiger partial charge in [-0.15, -0.1) is 0 Å². The maximum atomic E-state index is 13.9. The molecule has 0 spiro atoms. The lowest BCUT2D eigenvalue weighted by atomic mass is 9.81. The van der Waals surface area contributed by atoms with Gasteiger partial charge >= 0.3 is 5.97 Å². The Kier molecular flexibility index (Phi) is 7.51. The third kappa shape index (κ3) is 4.85. The molecule has 4 aromatic rings. The molecular formula is C35H42N4O4. The summed E-state index contributed by atoms with van der Waals surface area (Å²) in [5.74, 6) is -0.434. The second-order valence-corrected chi connectivity index (χ2v) is 12.8. The fraction of sp³-hybridized carbons (Fsp3) is 0.486. The van der Waals surface area contributed by atoms with Crippen molar-refractivity contribution in [2.45, 2.75) is 83.0 Å². The van der Waals surface area contributed by atoms with Gasteiger partial charge in [-0.2, -0.15) is 0 Å². The Hall–Kier alpha value is -3.62. The number of amides is 1. The Morgan fingerprint density at radius 1 is 0.953 bits per heavy atom. The molecule has 7 rings (SSSR count). The van der Waals surface area contributed by atoms with Crippen molar-refractivity contribution < 1.29 is 19.4 Å². The SMILES string of the molecule is CN(C)C(=O)c1c(CNC2CCOCC2)c2cccc3c2n1CCCn1c-3c(C2CCCCC2)c2ccc(C(=O)O)cc21. The van der Waals surface area contributed by atoms with E-state index in [9.17, 15) is 14.7 Å². The molecule has 0 unspecified atom stereocenters. The molecule has 2 N–H and O–H groups in total. The minimum Gasteiger partial charge on any atom is -0.478 e. The van der Waals surface area contributed by atoms with Crippen LogP contribution in [0.15, 0.2) is 36.4 Å². The average Bonchev–Trinajstić information content (AvgIpc) is 3.51. The Balaban J connectivity index is 1.49. The highest BCUT2D eigenvalue weighted by Crippen LogP contribution is 2.47. The molecule has 43 heavy (non-hydrogen) atoms. The van der Waals surface area contributed by atoms with Gasteiger partial charge in [-0.05, 0) is 55.7 Å². The van der Waals surface area contributed by atoms with Gasteiger partial charge in [0.1, 0.15) is 5.69 Å². The first-order chi connectivity index (χ1) is 20.9. The zero-order valence-electron chi connectivity index (χ0n) is 25.3. The molecule has 4 heterocycles. The fourth-order valence-corrected chi connectivity index (χ4v) is 7.90. The highest BCUT2D eigenvalue weighted by Gasteiger charge is 2.32. The number of para-hydroxylation sites is 1. The normalized spacial score (nSPS) is 18.0. The average molecular weight is 583 g/mol. The van der Waals surface area contributed by atoms with Crippen molar-refractivity contribution in [2.75, 3.05) is 27.3 Å². The molecule has 8 heteroatoms. The van der Waals surface area contributed by atoms with Crippen LogP contribution in [-0.2, 0) is 24.4 Å². The van der Waals surface area contributed by atoms with Crippen LogP contribution in [0.1, 0.15) is 89.3 Å². The number of nitrogens with zero attached hydrogens (tertiary/aromatic N) is 3. The predicted molar refractivity (Wildman–Crippen MR) is 169 cm³/mol. The Morgan fingerprint density at radius 2 is 1.72 bits per heavy atom. The number of aromatic carboxylic acids is 1. The fourth-order valence-electron chi connectivity index (χ4n) is 7.90. The van der Waals surface area contributed by atoms with Crippen LogP contribution < -0.4 is 5.32 Å². The Labute approximate surface area is 252 Å². The van der Waals surface area contributed by atoms with E-state index in [0.29, 0.717) is 24.1 Å². The molecule has 8 nitrogen and oxygen atoms in total. The predicted octanol–water partition coefficient (Wildman–Crippen LogP) is 6.38. The summed E-state index contributed by atoms with van der Waals surface area (Å²) in [6.07, 6.45) is 8.79. The molecule has 0 atom stereocenters. The molecule has 226 valence electrons. The molecule has 2 aromatic heterocycles. The number of carboxylic acid groups (broad SMARTS) is 1. The number of carboxylic acids is 1. The number of aryl methyl sites for hydroxylation is 2. The van der Waals surface area contributed by atoms with Crippen LogP contribution in [0.4, 0.5) is 0 Å². The minimum absolute atomic E-state index is 0.0330. The number of benzene rings is 2. The molecule has 1 saturated carbocycles. The van der Waals surface area contributed by atoms with E-state index in [2.05, 4.69) is 32.7 Å². The first-order valence-electron chi connectivity index (χ1n) is 16.0. The first kappa shape index (κ1) is 28.2. The van der Waals surface area contributed by atoms with Crippen molar-refractivity contribution in [1.82, 2.24) is 19.4 Å². The summed E-state index contributed by atoms with van der Waals surface area (Å²) in [5.41, 5.74) is 8.03. The third-order valence-electron chi connectivity index (χ3n) is 9.97. The molecule has 1 amide bonds. The lowest BCUT2D eigenvalue weighted by Gasteiger charge is -2.25. The van der Waals surface area contributed by atoms with Crippen LogP contribution in [0.3, 0.4) is 0 Å². The van der Waals surface area contributed by atoms with Crippen molar-refractivity contribution in [2.24, 2.45) is 0 Å². The van der Waals surface area contributed by atoms with E-state index in [1.807, 2.05) is 26.2 Å². The summed E-state index contributed by atoms with van der Waals surface area (Å²) >= 11 is 0. The van der Waals surface area contributed by atoms with E-state index >= 15 is 0 Å². The largest absolute Gasteiger partial charge is 0.478 e. The number of ether oxygens (including phenoxy) is 1. The quantitative estimate of drug-likeness (QED) is 0.275. The van der Waals surface area contributed by atoms with Gasteiger partial charge in [-0.25, -0.2) is 4.79 Å². The Morgan fingerprint density at radius 3 is 2.47 bits per heavy atom.